The summed E-state index contributed by atoms with van der Waals surface area (Å²) in [7, 11) is 0. The first-order chi connectivity index (χ1) is 8.81. The SMILES string of the molecule is CCCNCC1(CN2CC3CCC2C3)CCCC1. The average molecular weight is 250 g/mol. The van der Waals surface area contributed by atoms with Crippen LogP contribution in [0.25, 0.3) is 0 Å². The monoisotopic (exact) mass is 250 g/mol. The second kappa shape index (κ2) is 5.50. The molecule has 2 nitrogen and oxygen atoms in total. The molecule has 2 aliphatic carbocycles. The van der Waals surface area contributed by atoms with Gasteiger partial charge in [-0.05, 0) is 56.4 Å². The number of likely N-dealkylation sites (tertiary alicyclic amines) is 1. The minimum absolute atomic E-state index is 0.625. The third-order valence-corrected chi connectivity index (χ3v) is 5.65. The van der Waals surface area contributed by atoms with Gasteiger partial charge >= 0.3 is 0 Å². The Balaban J connectivity index is 1.56. The molecule has 3 fully saturated rings. The van der Waals surface area contributed by atoms with E-state index in [1.165, 1.54) is 77.5 Å². The van der Waals surface area contributed by atoms with E-state index in [-0.39, 0.29) is 0 Å². The van der Waals surface area contributed by atoms with E-state index in [1.54, 1.807) is 0 Å². The van der Waals surface area contributed by atoms with E-state index < -0.39 is 0 Å². The van der Waals surface area contributed by atoms with Crippen molar-refractivity contribution in [2.75, 3.05) is 26.2 Å². The van der Waals surface area contributed by atoms with Crippen LogP contribution in [-0.4, -0.2) is 37.1 Å². The van der Waals surface area contributed by atoms with Gasteiger partial charge in [0, 0.05) is 25.7 Å². The molecule has 2 bridgehead atoms. The first kappa shape index (κ1) is 12.9. The van der Waals surface area contributed by atoms with Crippen LogP contribution in [0.4, 0.5) is 0 Å². The highest BCUT2D eigenvalue weighted by atomic mass is 15.2. The summed E-state index contributed by atoms with van der Waals surface area (Å²) < 4.78 is 0. The molecule has 1 saturated heterocycles. The van der Waals surface area contributed by atoms with Gasteiger partial charge in [-0.15, -0.1) is 0 Å². The lowest BCUT2D eigenvalue weighted by Crippen LogP contribution is -2.45. The molecule has 1 heterocycles. The first-order valence-corrected chi connectivity index (χ1v) is 8.26. The van der Waals surface area contributed by atoms with Crippen LogP contribution in [0.5, 0.6) is 0 Å². The maximum absolute atomic E-state index is 3.71. The molecule has 1 aliphatic heterocycles. The summed E-state index contributed by atoms with van der Waals surface area (Å²) in [6.07, 6.45) is 11.7. The van der Waals surface area contributed by atoms with Gasteiger partial charge in [0.15, 0.2) is 0 Å². The lowest BCUT2D eigenvalue weighted by molar-refractivity contribution is 0.119. The summed E-state index contributed by atoms with van der Waals surface area (Å²) in [5.41, 5.74) is 0.625. The topological polar surface area (TPSA) is 15.3 Å². The highest BCUT2D eigenvalue weighted by molar-refractivity contribution is 4.97. The predicted molar refractivity (Wildman–Crippen MR) is 76.8 cm³/mol. The molecule has 2 atom stereocenters. The Hall–Kier alpha value is -0.0800. The predicted octanol–water partition coefficient (Wildman–Crippen LogP) is 3.03. The van der Waals surface area contributed by atoms with E-state index in [2.05, 4.69) is 17.1 Å². The number of rotatable bonds is 6. The molecule has 3 aliphatic rings. The van der Waals surface area contributed by atoms with E-state index in [0.29, 0.717) is 5.41 Å². The third-order valence-electron chi connectivity index (χ3n) is 5.65. The number of fused-ring (bicyclic) bond motifs is 2. The highest BCUT2D eigenvalue weighted by Crippen LogP contribution is 2.43. The Morgan fingerprint density at radius 1 is 1.22 bits per heavy atom. The van der Waals surface area contributed by atoms with E-state index in [4.69, 9.17) is 0 Å². The van der Waals surface area contributed by atoms with Crippen LogP contribution in [0.15, 0.2) is 0 Å². The molecule has 1 N–H and O–H groups in total. The second-order valence-corrected chi connectivity index (χ2v) is 7.15. The molecule has 18 heavy (non-hydrogen) atoms. The molecular weight excluding hydrogens is 220 g/mol. The van der Waals surface area contributed by atoms with E-state index >= 15 is 0 Å². The fourth-order valence-electron chi connectivity index (χ4n) is 4.70. The summed E-state index contributed by atoms with van der Waals surface area (Å²) >= 11 is 0. The third kappa shape index (κ3) is 2.60. The Morgan fingerprint density at radius 3 is 2.67 bits per heavy atom. The molecule has 0 amide bonds. The van der Waals surface area contributed by atoms with Crippen LogP contribution in [0.1, 0.15) is 58.3 Å². The van der Waals surface area contributed by atoms with Crippen LogP contribution in [0.2, 0.25) is 0 Å². The Labute approximate surface area is 113 Å². The van der Waals surface area contributed by atoms with Gasteiger partial charge in [-0.2, -0.15) is 0 Å². The average Bonchev–Trinajstić information content (AvgIpc) is 3.06. The molecule has 2 saturated carbocycles. The zero-order valence-electron chi connectivity index (χ0n) is 12.1. The number of hydrogen-bond acceptors (Lipinski definition) is 2. The molecular formula is C16H30N2. The zero-order valence-corrected chi connectivity index (χ0v) is 12.1. The van der Waals surface area contributed by atoms with Crippen molar-refractivity contribution in [2.24, 2.45) is 11.3 Å². The molecule has 2 heteroatoms. The van der Waals surface area contributed by atoms with Crippen molar-refractivity contribution in [1.29, 1.82) is 0 Å². The van der Waals surface area contributed by atoms with Gasteiger partial charge in [-0.25, -0.2) is 0 Å². The molecule has 0 aromatic heterocycles. The van der Waals surface area contributed by atoms with E-state index in [1.807, 2.05) is 0 Å². The van der Waals surface area contributed by atoms with Crippen molar-refractivity contribution < 1.29 is 0 Å². The van der Waals surface area contributed by atoms with Crippen molar-refractivity contribution in [3.05, 3.63) is 0 Å². The van der Waals surface area contributed by atoms with Crippen LogP contribution in [0.3, 0.4) is 0 Å². The molecule has 104 valence electrons. The van der Waals surface area contributed by atoms with Gasteiger partial charge in [0.05, 0.1) is 0 Å². The lowest BCUT2D eigenvalue weighted by Gasteiger charge is -2.38. The Kier molecular flexibility index (Phi) is 3.95. The molecule has 0 aromatic carbocycles. The van der Waals surface area contributed by atoms with E-state index in [0.717, 1.165) is 12.0 Å². The fraction of sp³-hybridized carbons (Fsp3) is 1.00. The zero-order chi connectivity index (χ0) is 12.4. The summed E-state index contributed by atoms with van der Waals surface area (Å²) in [5.74, 6) is 1.05. The number of hydrogen-bond donors (Lipinski definition) is 1. The highest BCUT2D eigenvalue weighted by Gasteiger charge is 2.42. The van der Waals surface area contributed by atoms with Crippen molar-refractivity contribution in [1.82, 2.24) is 10.2 Å². The number of nitrogens with one attached hydrogen (secondary N) is 1. The van der Waals surface area contributed by atoms with Gasteiger partial charge in [0.2, 0.25) is 0 Å². The smallest absolute Gasteiger partial charge is 0.00988 e. The molecule has 0 spiro atoms. The van der Waals surface area contributed by atoms with Crippen molar-refractivity contribution in [3.8, 4) is 0 Å². The second-order valence-electron chi connectivity index (χ2n) is 7.15. The largest absolute Gasteiger partial charge is 0.316 e. The maximum atomic E-state index is 3.71. The first-order valence-electron chi connectivity index (χ1n) is 8.26. The van der Waals surface area contributed by atoms with E-state index in [9.17, 15) is 0 Å². The summed E-state index contributed by atoms with van der Waals surface area (Å²) in [6.45, 7) is 7.56. The quantitative estimate of drug-likeness (QED) is 0.729. The molecule has 2 unspecified atom stereocenters. The fourth-order valence-corrected chi connectivity index (χ4v) is 4.70. The van der Waals surface area contributed by atoms with Crippen molar-refractivity contribution in [3.63, 3.8) is 0 Å². The Morgan fingerprint density at radius 2 is 2.06 bits per heavy atom. The van der Waals surface area contributed by atoms with Gasteiger partial charge in [-0.3, -0.25) is 4.90 Å². The molecule has 0 radical (unpaired) electrons. The van der Waals surface area contributed by atoms with Gasteiger partial charge < -0.3 is 5.32 Å². The molecule has 3 rings (SSSR count). The number of nitrogens with zero attached hydrogens (tertiary/aromatic N) is 1. The van der Waals surface area contributed by atoms with Crippen LogP contribution < -0.4 is 5.32 Å². The van der Waals surface area contributed by atoms with Crippen LogP contribution in [0, 0.1) is 11.3 Å². The van der Waals surface area contributed by atoms with Crippen molar-refractivity contribution in [2.45, 2.75) is 64.3 Å². The lowest BCUT2D eigenvalue weighted by atomic mass is 9.84. The van der Waals surface area contributed by atoms with Crippen molar-refractivity contribution >= 4 is 0 Å². The standard InChI is InChI=1S/C16H30N2/c1-2-9-17-12-16(7-3-4-8-16)13-18-11-14-5-6-15(18)10-14/h14-15,17H,2-13H2,1H3. The van der Waals surface area contributed by atoms with Crippen LogP contribution in [-0.2, 0) is 0 Å². The Bertz CT molecular complexity index is 270. The van der Waals surface area contributed by atoms with Gasteiger partial charge in [-0.1, -0.05) is 19.8 Å². The minimum atomic E-state index is 0.625. The summed E-state index contributed by atoms with van der Waals surface area (Å²) in [5, 5.41) is 3.71. The van der Waals surface area contributed by atoms with Gasteiger partial charge in [0.1, 0.15) is 0 Å². The minimum Gasteiger partial charge on any atom is -0.316 e. The van der Waals surface area contributed by atoms with Gasteiger partial charge in [0.25, 0.3) is 0 Å². The van der Waals surface area contributed by atoms with Crippen LogP contribution >= 0.6 is 0 Å². The maximum Gasteiger partial charge on any atom is 0.00988 e. The normalized spacial score (nSPS) is 34.5. The molecule has 0 aromatic rings. The number of piperidine rings is 1. The summed E-state index contributed by atoms with van der Waals surface area (Å²) in [6, 6.07) is 0.957. The summed E-state index contributed by atoms with van der Waals surface area (Å²) in [4.78, 5) is 2.85.